The first-order chi connectivity index (χ1) is 10.2. The molecule has 1 aromatic heterocycles. The van der Waals surface area contributed by atoms with Crippen molar-refractivity contribution in [3.8, 4) is 5.75 Å². The summed E-state index contributed by atoms with van der Waals surface area (Å²) < 4.78 is 15.7. The Hall–Kier alpha value is -2.43. The molecule has 2 rings (SSSR count). The number of carbonyl (C=O) groups is 1. The molecular weight excluding hydrogens is 270 g/mol. The minimum Gasteiger partial charge on any atom is -0.492 e. The molecule has 0 aliphatic heterocycles. The fraction of sp³-hybridized carbons (Fsp3) is 0.312. The van der Waals surface area contributed by atoms with Crippen molar-refractivity contribution in [3.05, 3.63) is 47.9 Å². The van der Waals surface area contributed by atoms with Crippen LogP contribution in [0.25, 0.3) is 0 Å². The summed E-state index contributed by atoms with van der Waals surface area (Å²) in [6.07, 6.45) is 0. The highest BCUT2D eigenvalue weighted by atomic mass is 16.5. The van der Waals surface area contributed by atoms with Crippen molar-refractivity contribution in [2.45, 2.75) is 19.9 Å². The van der Waals surface area contributed by atoms with E-state index in [-0.39, 0.29) is 11.8 Å². The van der Waals surface area contributed by atoms with Gasteiger partial charge in [-0.2, -0.15) is 0 Å². The molecule has 1 atom stereocenters. The number of hydrogen-bond donors (Lipinski definition) is 1. The summed E-state index contributed by atoms with van der Waals surface area (Å²) in [5.41, 5.74) is 0.878. The standard InChI is InChI=1S/C16H19NO4/c1-4-20-14-8-6-5-7-12(14)17-11(2)13-9-10-15(21-13)16(18)19-3/h5-11,17H,4H2,1-3H3. The van der Waals surface area contributed by atoms with Gasteiger partial charge in [-0.05, 0) is 38.1 Å². The SMILES string of the molecule is CCOc1ccccc1NC(C)c1ccc(C(=O)OC)o1. The second kappa shape index (κ2) is 6.83. The first kappa shape index (κ1) is 15.0. The van der Waals surface area contributed by atoms with E-state index < -0.39 is 5.97 Å². The smallest absolute Gasteiger partial charge is 0.373 e. The van der Waals surface area contributed by atoms with Gasteiger partial charge in [-0.15, -0.1) is 0 Å². The van der Waals surface area contributed by atoms with Crippen molar-refractivity contribution in [2.75, 3.05) is 19.0 Å². The Kier molecular flexibility index (Phi) is 4.87. The number of ether oxygens (including phenoxy) is 2. The Labute approximate surface area is 123 Å². The van der Waals surface area contributed by atoms with E-state index in [2.05, 4.69) is 10.1 Å². The average Bonchev–Trinajstić information content (AvgIpc) is 2.98. The number of hydrogen-bond acceptors (Lipinski definition) is 5. The maximum atomic E-state index is 11.4. The molecule has 112 valence electrons. The molecule has 0 amide bonds. The Morgan fingerprint density at radius 3 is 2.76 bits per heavy atom. The van der Waals surface area contributed by atoms with Gasteiger partial charge in [-0.25, -0.2) is 4.79 Å². The Bertz CT molecular complexity index is 606. The van der Waals surface area contributed by atoms with Gasteiger partial charge in [-0.1, -0.05) is 12.1 Å². The van der Waals surface area contributed by atoms with Crippen LogP contribution in [0, 0.1) is 0 Å². The number of anilines is 1. The predicted molar refractivity (Wildman–Crippen MR) is 79.7 cm³/mol. The molecule has 0 radical (unpaired) electrons. The summed E-state index contributed by atoms with van der Waals surface area (Å²) in [6.45, 7) is 4.48. The van der Waals surface area contributed by atoms with Crippen LogP contribution in [0.2, 0.25) is 0 Å². The highest BCUT2D eigenvalue weighted by molar-refractivity contribution is 5.86. The Morgan fingerprint density at radius 2 is 2.05 bits per heavy atom. The zero-order valence-electron chi connectivity index (χ0n) is 12.4. The predicted octanol–water partition coefficient (Wildman–Crippen LogP) is 3.64. The Morgan fingerprint density at radius 1 is 1.29 bits per heavy atom. The van der Waals surface area contributed by atoms with E-state index in [1.54, 1.807) is 12.1 Å². The van der Waals surface area contributed by atoms with Gasteiger partial charge in [0.1, 0.15) is 11.5 Å². The monoisotopic (exact) mass is 289 g/mol. The summed E-state index contributed by atoms with van der Waals surface area (Å²) in [7, 11) is 1.32. The molecule has 1 aromatic carbocycles. The zero-order chi connectivity index (χ0) is 15.2. The van der Waals surface area contributed by atoms with Crippen molar-refractivity contribution in [1.29, 1.82) is 0 Å². The van der Waals surface area contributed by atoms with Crippen LogP contribution >= 0.6 is 0 Å². The van der Waals surface area contributed by atoms with Crippen LogP contribution in [0.15, 0.2) is 40.8 Å². The molecule has 21 heavy (non-hydrogen) atoms. The molecule has 0 saturated heterocycles. The molecule has 5 heteroatoms. The van der Waals surface area contributed by atoms with Crippen molar-refractivity contribution in [3.63, 3.8) is 0 Å². The largest absolute Gasteiger partial charge is 0.492 e. The van der Waals surface area contributed by atoms with Crippen LogP contribution < -0.4 is 10.1 Å². The fourth-order valence-corrected chi connectivity index (χ4v) is 1.97. The van der Waals surface area contributed by atoms with Gasteiger partial charge in [0, 0.05) is 0 Å². The van der Waals surface area contributed by atoms with Crippen LogP contribution in [0.4, 0.5) is 5.69 Å². The van der Waals surface area contributed by atoms with Gasteiger partial charge in [0.2, 0.25) is 5.76 Å². The van der Waals surface area contributed by atoms with Crippen molar-refractivity contribution >= 4 is 11.7 Å². The lowest BCUT2D eigenvalue weighted by Crippen LogP contribution is -2.07. The Balaban J connectivity index is 2.12. The highest BCUT2D eigenvalue weighted by Crippen LogP contribution is 2.28. The number of benzene rings is 1. The number of nitrogens with one attached hydrogen (secondary N) is 1. The summed E-state index contributed by atoms with van der Waals surface area (Å²) in [4.78, 5) is 11.4. The van der Waals surface area contributed by atoms with Gasteiger partial charge in [0.25, 0.3) is 0 Å². The number of para-hydroxylation sites is 2. The summed E-state index contributed by atoms with van der Waals surface area (Å²) >= 11 is 0. The number of furan rings is 1. The van der Waals surface area contributed by atoms with E-state index in [1.165, 1.54) is 7.11 Å². The molecule has 0 bridgehead atoms. The quantitative estimate of drug-likeness (QED) is 0.823. The van der Waals surface area contributed by atoms with Crippen molar-refractivity contribution in [1.82, 2.24) is 0 Å². The normalized spacial score (nSPS) is 11.8. The van der Waals surface area contributed by atoms with Crippen LogP contribution in [0.5, 0.6) is 5.75 Å². The average molecular weight is 289 g/mol. The number of methoxy groups -OCH3 is 1. The third kappa shape index (κ3) is 3.56. The molecule has 0 aliphatic rings. The molecule has 0 aliphatic carbocycles. The summed E-state index contributed by atoms with van der Waals surface area (Å²) in [5.74, 6) is 1.15. The molecule has 1 N–H and O–H groups in total. The lowest BCUT2D eigenvalue weighted by atomic mass is 10.2. The van der Waals surface area contributed by atoms with Gasteiger partial charge in [-0.3, -0.25) is 0 Å². The van der Waals surface area contributed by atoms with Gasteiger partial charge in [0.15, 0.2) is 0 Å². The molecule has 1 heterocycles. The first-order valence-electron chi connectivity index (χ1n) is 6.82. The molecule has 0 saturated carbocycles. The van der Waals surface area contributed by atoms with E-state index in [0.717, 1.165) is 11.4 Å². The van der Waals surface area contributed by atoms with Crippen molar-refractivity contribution < 1.29 is 18.7 Å². The van der Waals surface area contributed by atoms with Crippen LogP contribution in [-0.4, -0.2) is 19.7 Å². The summed E-state index contributed by atoms with van der Waals surface area (Å²) in [5, 5.41) is 3.31. The lowest BCUT2D eigenvalue weighted by Gasteiger charge is -2.16. The van der Waals surface area contributed by atoms with E-state index in [4.69, 9.17) is 9.15 Å². The fourth-order valence-electron chi connectivity index (χ4n) is 1.97. The minimum absolute atomic E-state index is 0.106. The van der Waals surface area contributed by atoms with E-state index in [0.29, 0.717) is 12.4 Å². The second-order valence-electron chi connectivity index (χ2n) is 4.49. The number of rotatable bonds is 6. The van der Waals surface area contributed by atoms with Crippen LogP contribution in [0.3, 0.4) is 0 Å². The topological polar surface area (TPSA) is 60.7 Å². The highest BCUT2D eigenvalue weighted by Gasteiger charge is 2.16. The third-order valence-corrected chi connectivity index (χ3v) is 3.00. The third-order valence-electron chi connectivity index (χ3n) is 3.00. The van der Waals surface area contributed by atoms with E-state index in [9.17, 15) is 4.79 Å². The molecule has 0 spiro atoms. The minimum atomic E-state index is -0.483. The number of carbonyl (C=O) groups excluding carboxylic acids is 1. The van der Waals surface area contributed by atoms with Crippen LogP contribution in [0.1, 0.15) is 36.2 Å². The maximum Gasteiger partial charge on any atom is 0.373 e. The molecule has 0 fully saturated rings. The second-order valence-corrected chi connectivity index (χ2v) is 4.49. The van der Waals surface area contributed by atoms with Gasteiger partial charge in [0.05, 0.1) is 25.4 Å². The van der Waals surface area contributed by atoms with Crippen molar-refractivity contribution in [2.24, 2.45) is 0 Å². The lowest BCUT2D eigenvalue weighted by molar-refractivity contribution is 0.0562. The van der Waals surface area contributed by atoms with E-state index in [1.807, 2.05) is 38.1 Å². The zero-order valence-corrected chi connectivity index (χ0v) is 12.4. The number of esters is 1. The summed E-state index contributed by atoms with van der Waals surface area (Å²) in [6, 6.07) is 10.9. The van der Waals surface area contributed by atoms with E-state index >= 15 is 0 Å². The molecular formula is C16H19NO4. The molecule has 5 nitrogen and oxygen atoms in total. The molecule has 2 aromatic rings. The molecule has 1 unspecified atom stereocenters. The van der Waals surface area contributed by atoms with Gasteiger partial charge < -0.3 is 19.2 Å². The first-order valence-corrected chi connectivity index (χ1v) is 6.82. The van der Waals surface area contributed by atoms with Gasteiger partial charge >= 0.3 is 5.97 Å². The maximum absolute atomic E-state index is 11.4. The van der Waals surface area contributed by atoms with Crippen LogP contribution in [-0.2, 0) is 4.74 Å².